The molecule has 114 valence electrons. The fourth-order valence-corrected chi connectivity index (χ4v) is 2.22. The number of hydrazone groups is 1. The molecule has 0 amide bonds. The third-order valence-electron chi connectivity index (χ3n) is 2.58. The summed E-state index contributed by atoms with van der Waals surface area (Å²) in [6.45, 7) is 0. The van der Waals surface area contributed by atoms with Crippen molar-refractivity contribution in [3.05, 3.63) is 53.7 Å². The Hall–Kier alpha value is -1.78. The van der Waals surface area contributed by atoms with Crippen molar-refractivity contribution in [2.24, 2.45) is 5.10 Å². The molecule has 0 bridgehead atoms. The van der Waals surface area contributed by atoms with Crippen molar-refractivity contribution in [3.63, 3.8) is 0 Å². The van der Waals surface area contributed by atoms with Crippen molar-refractivity contribution < 1.29 is 52.4 Å². The number of carbonyl (C=O) groups is 1. The molecular weight excluding hydrogens is 333 g/mol. The Morgan fingerprint density at radius 3 is 2.52 bits per heavy atom. The number of rotatable bonds is 5. The summed E-state index contributed by atoms with van der Waals surface area (Å²) in [5, 5.41) is 12.5. The van der Waals surface area contributed by atoms with Crippen molar-refractivity contribution in [2.45, 2.75) is 4.90 Å². The van der Waals surface area contributed by atoms with E-state index in [9.17, 15) is 17.8 Å². The SMILES string of the molecule is O=C(O)c1ccc(NN=Cc2ccccc2S(=O)(=O)[O-])nc1.[Na+]. The van der Waals surface area contributed by atoms with Gasteiger partial charge in [-0.2, -0.15) is 5.10 Å². The minimum Gasteiger partial charge on any atom is -0.744 e. The predicted molar refractivity (Wildman–Crippen MR) is 76.8 cm³/mol. The van der Waals surface area contributed by atoms with Crippen LogP contribution in [0.15, 0.2) is 52.6 Å². The third kappa shape index (κ3) is 5.41. The zero-order valence-electron chi connectivity index (χ0n) is 12.0. The monoisotopic (exact) mass is 343 g/mol. The number of benzene rings is 1. The van der Waals surface area contributed by atoms with E-state index in [1.807, 2.05) is 0 Å². The van der Waals surface area contributed by atoms with E-state index in [1.54, 1.807) is 6.07 Å². The maximum atomic E-state index is 11.1. The van der Waals surface area contributed by atoms with Crippen LogP contribution in [0.5, 0.6) is 0 Å². The predicted octanol–water partition coefficient (Wildman–Crippen LogP) is -1.87. The van der Waals surface area contributed by atoms with Crippen molar-refractivity contribution in [3.8, 4) is 0 Å². The van der Waals surface area contributed by atoms with Crippen LogP contribution < -0.4 is 35.0 Å². The molecule has 2 N–H and O–H groups in total. The minimum atomic E-state index is -4.59. The Morgan fingerprint density at radius 2 is 1.96 bits per heavy atom. The van der Waals surface area contributed by atoms with Crippen molar-refractivity contribution in [1.29, 1.82) is 0 Å². The largest absolute Gasteiger partial charge is 1.00 e. The van der Waals surface area contributed by atoms with E-state index in [2.05, 4.69) is 15.5 Å². The normalized spacial score (nSPS) is 11.0. The van der Waals surface area contributed by atoms with Crippen molar-refractivity contribution >= 4 is 28.1 Å². The van der Waals surface area contributed by atoms with E-state index in [0.29, 0.717) is 0 Å². The zero-order chi connectivity index (χ0) is 16.2. The van der Waals surface area contributed by atoms with Crippen LogP contribution in [0.2, 0.25) is 0 Å². The van der Waals surface area contributed by atoms with Crippen LogP contribution in [-0.2, 0) is 10.1 Å². The van der Waals surface area contributed by atoms with E-state index in [1.165, 1.54) is 30.3 Å². The third-order valence-corrected chi connectivity index (χ3v) is 3.49. The Labute approximate surface area is 154 Å². The average molecular weight is 343 g/mol. The summed E-state index contributed by atoms with van der Waals surface area (Å²) in [6.07, 6.45) is 2.31. The summed E-state index contributed by atoms with van der Waals surface area (Å²) in [4.78, 5) is 14.1. The molecule has 0 radical (unpaired) electrons. The molecule has 0 aliphatic heterocycles. The molecule has 1 aromatic carbocycles. The fraction of sp³-hybridized carbons (Fsp3) is 0. The molecule has 2 aromatic rings. The quantitative estimate of drug-likeness (QED) is 0.281. The number of carboxylic acids is 1. The van der Waals surface area contributed by atoms with Crippen LogP contribution >= 0.6 is 0 Å². The summed E-state index contributed by atoms with van der Waals surface area (Å²) < 4.78 is 33.2. The van der Waals surface area contributed by atoms with Crippen LogP contribution in [0.4, 0.5) is 5.82 Å². The van der Waals surface area contributed by atoms with Crippen molar-refractivity contribution in [1.82, 2.24) is 4.98 Å². The van der Waals surface area contributed by atoms with Gasteiger partial charge in [-0.1, -0.05) is 18.2 Å². The molecule has 0 aliphatic carbocycles. The number of anilines is 1. The second-order valence-electron chi connectivity index (χ2n) is 4.10. The molecule has 10 heteroatoms. The number of pyridine rings is 1. The maximum absolute atomic E-state index is 11.1. The Morgan fingerprint density at radius 1 is 1.26 bits per heavy atom. The fourth-order valence-electron chi connectivity index (χ4n) is 1.57. The van der Waals surface area contributed by atoms with Crippen molar-refractivity contribution in [2.75, 3.05) is 5.43 Å². The van der Waals surface area contributed by atoms with Gasteiger partial charge in [0.2, 0.25) is 0 Å². The van der Waals surface area contributed by atoms with E-state index in [-0.39, 0.29) is 51.4 Å². The number of nitrogens with one attached hydrogen (secondary N) is 1. The van der Waals surface area contributed by atoms with Gasteiger partial charge in [-0.05, 0) is 18.2 Å². The van der Waals surface area contributed by atoms with Crippen LogP contribution in [0.25, 0.3) is 0 Å². The number of aromatic carboxylic acids is 1. The number of carboxylic acid groups (broad SMARTS) is 1. The molecule has 8 nitrogen and oxygen atoms in total. The van der Waals surface area contributed by atoms with Gasteiger partial charge in [0.25, 0.3) is 0 Å². The standard InChI is InChI=1S/C13H11N3O5S.Na/c17-13(18)10-5-6-12(14-7-10)16-15-8-9-3-1-2-4-11(9)22(19,20)21;/h1-8H,(H,14,16)(H,17,18)(H,19,20,21);/q;+1/p-1. The topological polar surface area (TPSA) is 132 Å². The maximum Gasteiger partial charge on any atom is 1.00 e. The second-order valence-corrected chi connectivity index (χ2v) is 5.45. The molecule has 0 aliphatic rings. The van der Waals surface area contributed by atoms with Gasteiger partial charge < -0.3 is 9.66 Å². The molecule has 0 spiro atoms. The van der Waals surface area contributed by atoms with Gasteiger partial charge in [-0.25, -0.2) is 18.2 Å². The van der Waals surface area contributed by atoms with Crippen LogP contribution in [0.3, 0.4) is 0 Å². The zero-order valence-corrected chi connectivity index (χ0v) is 14.8. The first-order valence-corrected chi connectivity index (χ1v) is 7.32. The van der Waals surface area contributed by atoms with Crippen LogP contribution in [-0.4, -0.2) is 35.2 Å². The molecule has 0 atom stereocenters. The molecule has 0 unspecified atom stereocenters. The molecule has 0 fully saturated rings. The van der Waals surface area contributed by atoms with E-state index < -0.39 is 16.1 Å². The summed E-state index contributed by atoms with van der Waals surface area (Å²) in [5.41, 5.74) is 2.66. The molecule has 1 heterocycles. The first-order valence-electron chi connectivity index (χ1n) is 5.91. The number of hydrogen-bond donors (Lipinski definition) is 2. The second kappa shape index (κ2) is 8.18. The van der Waals surface area contributed by atoms with Gasteiger partial charge in [0.15, 0.2) is 0 Å². The van der Waals surface area contributed by atoms with E-state index in [0.717, 1.165) is 12.4 Å². The molecule has 23 heavy (non-hydrogen) atoms. The Kier molecular flexibility index (Phi) is 6.85. The van der Waals surface area contributed by atoms with Crippen LogP contribution in [0, 0.1) is 0 Å². The first-order chi connectivity index (χ1) is 10.4. The minimum absolute atomic E-state index is 0. The average Bonchev–Trinajstić information content (AvgIpc) is 2.47. The van der Waals surface area contributed by atoms with Gasteiger partial charge >= 0.3 is 35.5 Å². The van der Waals surface area contributed by atoms with Crippen LogP contribution in [0.1, 0.15) is 15.9 Å². The van der Waals surface area contributed by atoms with E-state index >= 15 is 0 Å². The molecule has 2 rings (SSSR count). The van der Waals surface area contributed by atoms with Gasteiger partial charge in [-0.15, -0.1) is 0 Å². The summed E-state index contributed by atoms with van der Waals surface area (Å²) in [6, 6.07) is 8.35. The first kappa shape index (κ1) is 19.3. The number of hydrogen-bond acceptors (Lipinski definition) is 7. The Balaban J connectivity index is 0.00000264. The summed E-state index contributed by atoms with van der Waals surface area (Å²) in [7, 11) is -4.59. The molecular formula is C13H10N3NaO5S. The smallest absolute Gasteiger partial charge is 0.744 e. The molecule has 0 saturated carbocycles. The van der Waals surface area contributed by atoms with Gasteiger partial charge in [-0.3, -0.25) is 5.43 Å². The molecule has 1 aromatic heterocycles. The van der Waals surface area contributed by atoms with Gasteiger partial charge in [0.05, 0.1) is 16.7 Å². The van der Waals surface area contributed by atoms with Gasteiger partial charge in [0.1, 0.15) is 15.9 Å². The van der Waals surface area contributed by atoms with E-state index in [4.69, 9.17) is 5.11 Å². The number of nitrogens with zero attached hydrogens (tertiary/aromatic N) is 2. The number of aromatic nitrogens is 1. The Bertz CT molecular complexity index is 822. The van der Waals surface area contributed by atoms with Gasteiger partial charge in [0, 0.05) is 11.8 Å². The molecule has 0 saturated heterocycles. The summed E-state index contributed by atoms with van der Waals surface area (Å²) in [5.74, 6) is -0.833. The summed E-state index contributed by atoms with van der Waals surface area (Å²) >= 11 is 0.